The van der Waals surface area contributed by atoms with Crippen LogP contribution in [0.3, 0.4) is 0 Å². The van der Waals surface area contributed by atoms with Gasteiger partial charge in [-0.2, -0.15) is 13.2 Å². The fraction of sp³-hybridized carbons (Fsp3) is 0.364. The Bertz CT molecular complexity index is 454. The number of hydrogen-bond acceptors (Lipinski definition) is 3. The van der Waals surface area contributed by atoms with E-state index in [9.17, 15) is 18.0 Å². The molecule has 8 heteroatoms. The molecule has 1 aromatic rings. The number of carbonyl (C=O) groups excluding carboxylic acids is 1. The highest BCUT2D eigenvalue weighted by Gasteiger charge is 2.31. The molecular weight excluding hydrogens is 350 g/mol. The van der Waals surface area contributed by atoms with Crippen molar-refractivity contribution in [2.24, 2.45) is 5.73 Å². The van der Waals surface area contributed by atoms with Crippen LogP contribution in [0.15, 0.2) is 22.7 Å². The number of alkyl halides is 3. The van der Waals surface area contributed by atoms with Crippen LogP contribution in [-0.4, -0.2) is 13.1 Å². The Balaban J connectivity index is 0.00000324. The van der Waals surface area contributed by atoms with Gasteiger partial charge in [-0.3, -0.25) is 4.79 Å². The Labute approximate surface area is 122 Å². The molecule has 1 aromatic carbocycles. The van der Waals surface area contributed by atoms with E-state index in [1.165, 1.54) is 13.2 Å². The molecule has 0 bridgehead atoms. The summed E-state index contributed by atoms with van der Waals surface area (Å²) in [4.78, 5) is 11.0. The Hall–Kier alpha value is -0.790. The maximum Gasteiger partial charge on any atom is 0.416 e. The first kappa shape index (κ1) is 18.2. The molecule has 0 saturated heterocycles. The number of benzene rings is 1. The third-order valence-corrected chi connectivity index (χ3v) is 3.06. The van der Waals surface area contributed by atoms with Gasteiger partial charge < -0.3 is 10.5 Å². The second-order valence-electron chi connectivity index (χ2n) is 3.62. The Morgan fingerprint density at radius 1 is 1.47 bits per heavy atom. The molecule has 0 aromatic heterocycles. The van der Waals surface area contributed by atoms with Crippen molar-refractivity contribution in [2.45, 2.75) is 18.6 Å². The lowest BCUT2D eigenvalue weighted by atomic mass is 10.0. The summed E-state index contributed by atoms with van der Waals surface area (Å²) in [6.45, 7) is 0. The zero-order valence-corrected chi connectivity index (χ0v) is 12.2. The van der Waals surface area contributed by atoms with E-state index in [0.717, 1.165) is 12.1 Å². The van der Waals surface area contributed by atoms with Gasteiger partial charge >= 0.3 is 12.1 Å². The summed E-state index contributed by atoms with van der Waals surface area (Å²) >= 11 is 3.11. The van der Waals surface area contributed by atoms with E-state index in [1.807, 2.05) is 0 Å². The third-order valence-electron chi connectivity index (χ3n) is 2.34. The molecule has 0 heterocycles. The summed E-state index contributed by atoms with van der Waals surface area (Å²) in [5.74, 6) is -0.577. The van der Waals surface area contributed by atoms with Crippen LogP contribution in [0.1, 0.15) is 23.6 Å². The lowest BCUT2D eigenvalue weighted by Crippen LogP contribution is -2.18. The molecule has 0 amide bonds. The summed E-state index contributed by atoms with van der Waals surface area (Å²) in [5.41, 5.74) is 5.10. The lowest BCUT2D eigenvalue weighted by Gasteiger charge is -2.15. The summed E-state index contributed by atoms with van der Waals surface area (Å²) in [5, 5.41) is 0. The number of rotatable bonds is 3. The zero-order chi connectivity index (χ0) is 13.9. The van der Waals surface area contributed by atoms with E-state index >= 15 is 0 Å². The van der Waals surface area contributed by atoms with Crippen molar-refractivity contribution in [3.63, 3.8) is 0 Å². The van der Waals surface area contributed by atoms with Gasteiger partial charge in [-0.25, -0.2) is 0 Å². The fourth-order valence-corrected chi connectivity index (χ4v) is 1.92. The number of methoxy groups -OCH3 is 1. The summed E-state index contributed by atoms with van der Waals surface area (Å²) in [7, 11) is 1.19. The standard InChI is InChI=1S/C11H11BrF3NO2.ClH/c1-18-10(17)5-9(16)7-4-6(11(13,14)15)2-3-8(7)12;/h2-4,9H,5,16H2,1H3;1H/t9-;/m1./s1. The molecular formula is C11H12BrClF3NO2. The predicted octanol–water partition coefficient (Wildman–Crippen LogP) is 3.45. The minimum atomic E-state index is -4.44. The van der Waals surface area contributed by atoms with Crippen molar-refractivity contribution in [3.05, 3.63) is 33.8 Å². The second-order valence-corrected chi connectivity index (χ2v) is 4.48. The molecule has 0 aliphatic rings. The fourth-order valence-electron chi connectivity index (χ4n) is 1.38. The van der Waals surface area contributed by atoms with E-state index in [0.29, 0.717) is 4.47 Å². The molecule has 0 aliphatic heterocycles. The molecule has 0 aliphatic carbocycles. The van der Waals surface area contributed by atoms with Crippen LogP contribution in [0.4, 0.5) is 13.2 Å². The minimum absolute atomic E-state index is 0. The number of hydrogen-bond donors (Lipinski definition) is 1. The van der Waals surface area contributed by atoms with E-state index in [2.05, 4.69) is 20.7 Å². The maximum absolute atomic E-state index is 12.5. The normalized spacial score (nSPS) is 12.5. The van der Waals surface area contributed by atoms with Crippen LogP contribution >= 0.6 is 28.3 Å². The topological polar surface area (TPSA) is 52.3 Å². The highest BCUT2D eigenvalue weighted by atomic mass is 79.9. The summed E-state index contributed by atoms with van der Waals surface area (Å²) in [6.07, 6.45) is -4.63. The highest BCUT2D eigenvalue weighted by Crippen LogP contribution is 2.34. The Kier molecular flexibility index (Phi) is 6.82. The summed E-state index contributed by atoms with van der Waals surface area (Å²) < 4.78 is 42.5. The van der Waals surface area contributed by atoms with Gasteiger partial charge in [0.05, 0.1) is 19.1 Å². The first-order valence-corrected chi connectivity index (χ1v) is 5.74. The van der Waals surface area contributed by atoms with Crippen molar-refractivity contribution < 1.29 is 22.7 Å². The number of halogens is 5. The average Bonchev–Trinajstić information content (AvgIpc) is 2.27. The quantitative estimate of drug-likeness (QED) is 0.838. The first-order valence-electron chi connectivity index (χ1n) is 4.94. The van der Waals surface area contributed by atoms with Crippen molar-refractivity contribution in [2.75, 3.05) is 7.11 Å². The molecule has 108 valence electrons. The van der Waals surface area contributed by atoms with E-state index < -0.39 is 23.8 Å². The molecule has 0 spiro atoms. The monoisotopic (exact) mass is 361 g/mol. The largest absolute Gasteiger partial charge is 0.469 e. The van der Waals surface area contributed by atoms with Crippen molar-refractivity contribution in [1.82, 2.24) is 0 Å². The molecule has 0 saturated carbocycles. The van der Waals surface area contributed by atoms with Crippen LogP contribution in [0, 0.1) is 0 Å². The van der Waals surface area contributed by atoms with Crippen molar-refractivity contribution >= 4 is 34.3 Å². The number of ether oxygens (including phenoxy) is 1. The molecule has 0 unspecified atom stereocenters. The van der Waals surface area contributed by atoms with Crippen LogP contribution in [0.25, 0.3) is 0 Å². The van der Waals surface area contributed by atoms with Crippen LogP contribution in [0.5, 0.6) is 0 Å². The molecule has 19 heavy (non-hydrogen) atoms. The highest BCUT2D eigenvalue weighted by molar-refractivity contribution is 9.10. The smallest absolute Gasteiger partial charge is 0.416 e. The van der Waals surface area contributed by atoms with Crippen molar-refractivity contribution in [3.8, 4) is 0 Å². The van der Waals surface area contributed by atoms with Gasteiger partial charge in [0.15, 0.2) is 0 Å². The van der Waals surface area contributed by atoms with Crippen LogP contribution in [0.2, 0.25) is 0 Å². The van der Waals surface area contributed by atoms with Crippen LogP contribution < -0.4 is 5.73 Å². The van der Waals surface area contributed by atoms with Gasteiger partial charge in [0.1, 0.15) is 0 Å². The Morgan fingerprint density at radius 2 is 2.05 bits per heavy atom. The molecule has 1 rings (SSSR count). The molecule has 1 atom stereocenters. The number of esters is 1. The first-order chi connectivity index (χ1) is 8.25. The lowest BCUT2D eigenvalue weighted by molar-refractivity contribution is -0.141. The molecule has 0 radical (unpaired) electrons. The van der Waals surface area contributed by atoms with Gasteiger partial charge in [0.25, 0.3) is 0 Å². The minimum Gasteiger partial charge on any atom is -0.469 e. The van der Waals surface area contributed by atoms with Crippen LogP contribution in [-0.2, 0) is 15.7 Å². The predicted molar refractivity (Wildman–Crippen MR) is 70.0 cm³/mol. The third kappa shape index (κ3) is 5.00. The second kappa shape index (κ2) is 7.12. The zero-order valence-electron chi connectivity index (χ0n) is 9.83. The summed E-state index contributed by atoms with van der Waals surface area (Å²) in [6, 6.07) is 2.28. The van der Waals surface area contributed by atoms with Gasteiger partial charge in [0, 0.05) is 10.5 Å². The van der Waals surface area contributed by atoms with Gasteiger partial charge in [-0.1, -0.05) is 15.9 Å². The van der Waals surface area contributed by atoms with Gasteiger partial charge in [-0.05, 0) is 23.8 Å². The average molecular weight is 363 g/mol. The van der Waals surface area contributed by atoms with Gasteiger partial charge in [-0.15, -0.1) is 12.4 Å². The van der Waals surface area contributed by atoms with E-state index in [4.69, 9.17) is 5.73 Å². The van der Waals surface area contributed by atoms with E-state index in [-0.39, 0.29) is 24.4 Å². The van der Waals surface area contributed by atoms with E-state index in [1.54, 1.807) is 0 Å². The molecule has 0 fully saturated rings. The maximum atomic E-state index is 12.5. The Morgan fingerprint density at radius 3 is 2.53 bits per heavy atom. The molecule has 2 N–H and O–H groups in total. The SMILES string of the molecule is COC(=O)C[C@@H](N)c1cc(C(F)(F)F)ccc1Br.Cl. The number of carbonyl (C=O) groups is 1. The number of nitrogens with two attached hydrogens (primary N) is 1. The molecule has 3 nitrogen and oxygen atoms in total. The van der Waals surface area contributed by atoms with Crippen molar-refractivity contribution in [1.29, 1.82) is 0 Å². The van der Waals surface area contributed by atoms with Gasteiger partial charge in [0.2, 0.25) is 0 Å².